The van der Waals surface area contributed by atoms with E-state index < -0.39 is 0 Å². The van der Waals surface area contributed by atoms with Gasteiger partial charge in [0.2, 0.25) is 5.28 Å². The van der Waals surface area contributed by atoms with Crippen molar-refractivity contribution >= 4 is 11.6 Å². The summed E-state index contributed by atoms with van der Waals surface area (Å²) in [6.07, 6.45) is 8.03. The van der Waals surface area contributed by atoms with Gasteiger partial charge in [-0.2, -0.15) is 0 Å². The molecule has 0 saturated heterocycles. The number of rotatable bonds is 8. The summed E-state index contributed by atoms with van der Waals surface area (Å²) < 4.78 is 2.16. The molecule has 0 saturated carbocycles. The van der Waals surface area contributed by atoms with Crippen molar-refractivity contribution in [3.63, 3.8) is 0 Å². The molecule has 4 heteroatoms. The first kappa shape index (κ1) is 14.5. The van der Waals surface area contributed by atoms with Crippen molar-refractivity contribution in [3.05, 3.63) is 11.1 Å². The molecule has 0 aliphatic rings. The Morgan fingerprint density at radius 1 is 1.06 bits per heavy atom. The van der Waals surface area contributed by atoms with Gasteiger partial charge in [-0.05, 0) is 30.9 Å². The molecule has 1 rings (SSSR count). The molecule has 1 heterocycles. The molecule has 0 bridgehead atoms. The molecule has 0 spiro atoms. The van der Waals surface area contributed by atoms with Crippen LogP contribution in [-0.2, 0) is 6.42 Å². The molecule has 0 amide bonds. The standard InChI is InChI=1S/C13H24ClN3/c1-4-7-10-11(8-5-2)17-12(9-6-3)15-16-13(17)14/h11H,4-10H2,1-3H3. The minimum Gasteiger partial charge on any atom is -0.299 e. The van der Waals surface area contributed by atoms with Gasteiger partial charge in [0, 0.05) is 12.5 Å². The fourth-order valence-electron chi connectivity index (χ4n) is 2.23. The molecular formula is C13H24ClN3. The second-order valence-electron chi connectivity index (χ2n) is 4.59. The van der Waals surface area contributed by atoms with Crippen LogP contribution in [0.2, 0.25) is 5.28 Å². The average molecular weight is 258 g/mol. The molecule has 17 heavy (non-hydrogen) atoms. The minimum atomic E-state index is 0.476. The van der Waals surface area contributed by atoms with Crippen LogP contribution in [0.25, 0.3) is 0 Å². The lowest BCUT2D eigenvalue weighted by Crippen LogP contribution is -2.13. The Morgan fingerprint density at radius 2 is 1.82 bits per heavy atom. The molecule has 1 aromatic rings. The molecule has 1 atom stereocenters. The Kier molecular flexibility index (Phi) is 6.56. The highest BCUT2D eigenvalue weighted by atomic mass is 35.5. The van der Waals surface area contributed by atoms with Crippen LogP contribution < -0.4 is 0 Å². The summed E-state index contributed by atoms with van der Waals surface area (Å²) in [5.74, 6) is 1.05. The Labute approximate surface area is 110 Å². The number of aryl methyl sites for hydroxylation is 1. The van der Waals surface area contributed by atoms with E-state index in [2.05, 4.69) is 35.5 Å². The Hall–Kier alpha value is -0.570. The third-order valence-electron chi connectivity index (χ3n) is 3.08. The van der Waals surface area contributed by atoms with Crippen LogP contribution in [0.1, 0.15) is 71.2 Å². The normalized spacial score (nSPS) is 12.9. The average Bonchev–Trinajstić information content (AvgIpc) is 2.67. The fourth-order valence-corrected chi connectivity index (χ4v) is 2.51. The van der Waals surface area contributed by atoms with Crippen LogP contribution in [-0.4, -0.2) is 14.8 Å². The van der Waals surface area contributed by atoms with E-state index in [1.54, 1.807) is 0 Å². The Morgan fingerprint density at radius 3 is 2.41 bits per heavy atom. The first-order chi connectivity index (χ1) is 8.24. The SMILES string of the molecule is CCCCC(CCC)n1c(Cl)nnc1CCC. The number of hydrogen-bond donors (Lipinski definition) is 0. The zero-order chi connectivity index (χ0) is 12.7. The maximum Gasteiger partial charge on any atom is 0.225 e. The Balaban J connectivity index is 2.86. The number of nitrogens with zero attached hydrogens (tertiary/aromatic N) is 3. The summed E-state index contributed by atoms with van der Waals surface area (Å²) >= 11 is 6.18. The quantitative estimate of drug-likeness (QED) is 0.690. The van der Waals surface area contributed by atoms with Crippen molar-refractivity contribution in [2.45, 2.75) is 71.8 Å². The molecule has 98 valence electrons. The van der Waals surface area contributed by atoms with Gasteiger partial charge in [0.25, 0.3) is 0 Å². The lowest BCUT2D eigenvalue weighted by Gasteiger charge is -2.20. The minimum absolute atomic E-state index is 0.476. The summed E-state index contributed by atoms with van der Waals surface area (Å²) in [6.45, 7) is 6.61. The van der Waals surface area contributed by atoms with Crippen LogP contribution in [0, 0.1) is 0 Å². The first-order valence-corrected chi connectivity index (χ1v) is 7.21. The van der Waals surface area contributed by atoms with Crippen LogP contribution >= 0.6 is 11.6 Å². The molecule has 1 aromatic heterocycles. The van der Waals surface area contributed by atoms with Gasteiger partial charge < -0.3 is 0 Å². The van der Waals surface area contributed by atoms with Gasteiger partial charge in [-0.3, -0.25) is 4.57 Å². The van der Waals surface area contributed by atoms with Crippen molar-refractivity contribution < 1.29 is 0 Å². The molecule has 3 nitrogen and oxygen atoms in total. The van der Waals surface area contributed by atoms with E-state index in [4.69, 9.17) is 11.6 Å². The molecule has 0 fully saturated rings. The third-order valence-corrected chi connectivity index (χ3v) is 3.33. The van der Waals surface area contributed by atoms with E-state index in [0.717, 1.165) is 25.1 Å². The highest BCUT2D eigenvalue weighted by molar-refractivity contribution is 6.28. The Bertz CT molecular complexity index is 322. The van der Waals surface area contributed by atoms with E-state index in [1.165, 1.54) is 25.7 Å². The highest BCUT2D eigenvalue weighted by Gasteiger charge is 2.18. The van der Waals surface area contributed by atoms with E-state index >= 15 is 0 Å². The summed E-state index contributed by atoms with van der Waals surface area (Å²) in [6, 6.07) is 0.476. The zero-order valence-corrected chi connectivity index (χ0v) is 12.0. The number of hydrogen-bond acceptors (Lipinski definition) is 2. The second-order valence-corrected chi connectivity index (χ2v) is 4.93. The van der Waals surface area contributed by atoms with E-state index in [1.807, 2.05) is 0 Å². The van der Waals surface area contributed by atoms with Crippen molar-refractivity contribution in [1.29, 1.82) is 0 Å². The second kappa shape index (κ2) is 7.70. The summed E-state index contributed by atoms with van der Waals surface area (Å²) in [5, 5.41) is 8.78. The molecule has 0 N–H and O–H groups in total. The summed E-state index contributed by atoms with van der Waals surface area (Å²) in [4.78, 5) is 0. The number of aromatic nitrogens is 3. The summed E-state index contributed by atoms with van der Waals surface area (Å²) in [7, 11) is 0. The molecule has 0 aliphatic heterocycles. The maximum atomic E-state index is 6.18. The smallest absolute Gasteiger partial charge is 0.225 e. The van der Waals surface area contributed by atoms with Crippen molar-refractivity contribution in [2.75, 3.05) is 0 Å². The first-order valence-electron chi connectivity index (χ1n) is 6.83. The molecule has 0 radical (unpaired) electrons. The van der Waals surface area contributed by atoms with Crippen LogP contribution in [0.4, 0.5) is 0 Å². The van der Waals surface area contributed by atoms with E-state index in [9.17, 15) is 0 Å². The van der Waals surface area contributed by atoms with Gasteiger partial charge in [0.15, 0.2) is 0 Å². The van der Waals surface area contributed by atoms with Crippen LogP contribution in [0.15, 0.2) is 0 Å². The van der Waals surface area contributed by atoms with Crippen LogP contribution in [0.3, 0.4) is 0 Å². The van der Waals surface area contributed by atoms with Gasteiger partial charge in [-0.1, -0.05) is 40.0 Å². The number of unbranched alkanes of at least 4 members (excludes halogenated alkanes) is 1. The van der Waals surface area contributed by atoms with Crippen LogP contribution in [0.5, 0.6) is 0 Å². The monoisotopic (exact) mass is 257 g/mol. The lowest BCUT2D eigenvalue weighted by atomic mass is 10.0. The number of halogens is 1. The topological polar surface area (TPSA) is 30.7 Å². The van der Waals surface area contributed by atoms with Gasteiger partial charge >= 0.3 is 0 Å². The molecule has 1 unspecified atom stereocenters. The van der Waals surface area contributed by atoms with Crippen molar-refractivity contribution in [3.8, 4) is 0 Å². The van der Waals surface area contributed by atoms with Gasteiger partial charge in [0.1, 0.15) is 5.82 Å². The van der Waals surface area contributed by atoms with Gasteiger partial charge in [-0.25, -0.2) is 0 Å². The predicted octanol–water partition coefficient (Wildman–Crippen LogP) is 4.42. The maximum absolute atomic E-state index is 6.18. The zero-order valence-electron chi connectivity index (χ0n) is 11.2. The van der Waals surface area contributed by atoms with E-state index in [0.29, 0.717) is 11.3 Å². The molecule has 0 aromatic carbocycles. The van der Waals surface area contributed by atoms with E-state index in [-0.39, 0.29) is 0 Å². The lowest BCUT2D eigenvalue weighted by molar-refractivity contribution is 0.405. The van der Waals surface area contributed by atoms with Crippen molar-refractivity contribution in [2.24, 2.45) is 0 Å². The fraction of sp³-hybridized carbons (Fsp3) is 0.846. The van der Waals surface area contributed by atoms with Gasteiger partial charge in [0.05, 0.1) is 0 Å². The largest absolute Gasteiger partial charge is 0.299 e. The van der Waals surface area contributed by atoms with Crippen molar-refractivity contribution in [1.82, 2.24) is 14.8 Å². The molecule has 0 aliphatic carbocycles. The highest BCUT2D eigenvalue weighted by Crippen LogP contribution is 2.26. The van der Waals surface area contributed by atoms with Gasteiger partial charge in [-0.15, -0.1) is 10.2 Å². The predicted molar refractivity (Wildman–Crippen MR) is 72.5 cm³/mol. The third kappa shape index (κ3) is 3.98. The summed E-state index contributed by atoms with van der Waals surface area (Å²) in [5.41, 5.74) is 0. The molecular weight excluding hydrogens is 234 g/mol.